The highest BCUT2D eigenvalue weighted by molar-refractivity contribution is 5.72. The van der Waals surface area contributed by atoms with Gasteiger partial charge in [0.15, 0.2) is 0 Å². The van der Waals surface area contributed by atoms with Crippen LogP contribution in [0.5, 0.6) is 0 Å². The van der Waals surface area contributed by atoms with Gasteiger partial charge in [-0.3, -0.25) is 9.59 Å². The van der Waals surface area contributed by atoms with Crippen molar-refractivity contribution >= 4 is 11.9 Å². The Kier molecular flexibility index (Phi) is 20.0. The molecule has 0 aromatic rings. The molecule has 5 heteroatoms. The van der Waals surface area contributed by atoms with Crippen molar-refractivity contribution in [2.24, 2.45) is 5.92 Å². The van der Waals surface area contributed by atoms with E-state index in [0.717, 1.165) is 45.1 Å². The van der Waals surface area contributed by atoms with Crippen LogP contribution in [0.1, 0.15) is 117 Å². The third kappa shape index (κ3) is 19.3. The Labute approximate surface area is 192 Å². The third-order valence-corrected chi connectivity index (χ3v) is 5.67. The molecular formula is C26H51NO4. The van der Waals surface area contributed by atoms with Gasteiger partial charge in [-0.05, 0) is 53.2 Å². The van der Waals surface area contributed by atoms with Crippen molar-refractivity contribution in [3.8, 4) is 0 Å². The summed E-state index contributed by atoms with van der Waals surface area (Å²) in [5.74, 6) is -0.331. The van der Waals surface area contributed by atoms with Crippen molar-refractivity contribution in [3.05, 3.63) is 0 Å². The topological polar surface area (TPSA) is 55.8 Å². The molecule has 31 heavy (non-hydrogen) atoms. The van der Waals surface area contributed by atoms with Crippen LogP contribution in [0.4, 0.5) is 0 Å². The molecule has 5 nitrogen and oxygen atoms in total. The number of nitrogens with zero attached hydrogens (tertiary/aromatic N) is 1. The summed E-state index contributed by atoms with van der Waals surface area (Å²) in [6, 6.07) is 0. The standard InChI is InChI=1S/C26H51NO4/c1-6-8-10-12-14-18-24(19-15-13-11-9-7-2)26(29)30-22-23(3)31-25(28)20-16-17-21-27(4)5/h23-24H,6-22H2,1-5H3/t23-/m0/s1. The molecule has 0 N–H and O–H groups in total. The molecule has 0 spiro atoms. The predicted octanol–water partition coefficient (Wildman–Crippen LogP) is 6.53. The summed E-state index contributed by atoms with van der Waals surface area (Å²) in [6.45, 7) is 7.36. The van der Waals surface area contributed by atoms with E-state index in [9.17, 15) is 9.59 Å². The van der Waals surface area contributed by atoms with Crippen molar-refractivity contribution in [3.63, 3.8) is 0 Å². The van der Waals surface area contributed by atoms with Crippen LogP contribution < -0.4 is 0 Å². The van der Waals surface area contributed by atoms with Crippen LogP contribution in [-0.4, -0.2) is 50.2 Å². The van der Waals surface area contributed by atoms with Crippen molar-refractivity contribution in [1.29, 1.82) is 0 Å². The van der Waals surface area contributed by atoms with Gasteiger partial charge in [-0.2, -0.15) is 0 Å². The number of hydrogen-bond acceptors (Lipinski definition) is 5. The van der Waals surface area contributed by atoms with E-state index in [-0.39, 0.29) is 30.6 Å². The smallest absolute Gasteiger partial charge is 0.309 e. The molecule has 184 valence electrons. The first-order valence-electron chi connectivity index (χ1n) is 12.9. The summed E-state index contributed by atoms with van der Waals surface area (Å²) in [6.07, 6.45) is 15.7. The van der Waals surface area contributed by atoms with Crippen LogP contribution in [-0.2, 0) is 19.1 Å². The maximum atomic E-state index is 12.7. The zero-order chi connectivity index (χ0) is 23.3. The third-order valence-electron chi connectivity index (χ3n) is 5.67. The molecule has 0 saturated carbocycles. The van der Waals surface area contributed by atoms with Crippen molar-refractivity contribution in [2.45, 2.75) is 123 Å². The Hall–Kier alpha value is -1.10. The zero-order valence-electron chi connectivity index (χ0n) is 21.3. The predicted molar refractivity (Wildman–Crippen MR) is 129 cm³/mol. The number of ether oxygens (including phenoxy) is 2. The van der Waals surface area contributed by atoms with Gasteiger partial charge in [-0.25, -0.2) is 0 Å². The van der Waals surface area contributed by atoms with E-state index in [1.165, 1.54) is 51.4 Å². The molecule has 0 bridgehead atoms. The highest BCUT2D eigenvalue weighted by Gasteiger charge is 2.21. The highest BCUT2D eigenvalue weighted by atomic mass is 16.6. The Morgan fingerprint density at radius 2 is 1.32 bits per heavy atom. The number of carbonyl (C=O) groups is 2. The van der Waals surface area contributed by atoms with Crippen LogP contribution in [0.3, 0.4) is 0 Å². The molecule has 0 aliphatic rings. The van der Waals surface area contributed by atoms with Crippen LogP contribution in [0.25, 0.3) is 0 Å². The molecule has 1 atom stereocenters. The van der Waals surface area contributed by atoms with Gasteiger partial charge in [0, 0.05) is 6.42 Å². The zero-order valence-corrected chi connectivity index (χ0v) is 21.3. The largest absolute Gasteiger partial charge is 0.462 e. The maximum Gasteiger partial charge on any atom is 0.309 e. The van der Waals surface area contributed by atoms with Crippen molar-refractivity contribution < 1.29 is 19.1 Å². The normalized spacial score (nSPS) is 12.4. The molecule has 0 heterocycles. The number of rotatable bonds is 21. The van der Waals surface area contributed by atoms with E-state index >= 15 is 0 Å². The molecular weight excluding hydrogens is 390 g/mol. The van der Waals surface area contributed by atoms with Crippen molar-refractivity contribution in [2.75, 3.05) is 27.2 Å². The van der Waals surface area contributed by atoms with Crippen LogP contribution in [0.15, 0.2) is 0 Å². The first-order chi connectivity index (χ1) is 14.9. The van der Waals surface area contributed by atoms with Crippen LogP contribution in [0.2, 0.25) is 0 Å². The second kappa shape index (κ2) is 20.8. The summed E-state index contributed by atoms with van der Waals surface area (Å²) in [5.41, 5.74) is 0. The second-order valence-corrected chi connectivity index (χ2v) is 9.29. The average Bonchev–Trinajstić information content (AvgIpc) is 2.73. The Bertz CT molecular complexity index is 425. The SMILES string of the molecule is CCCCCCCC(CCCCCCC)C(=O)OC[C@H](C)OC(=O)CCCCN(C)C. The fraction of sp³-hybridized carbons (Fsp3) is 0.923. The molecule has 0 saturated heterocycles. The van der Waals surface area contributed by atoms with Crippen LogP contribution in [0, 0.1) is 5.92 Å². The van der Waals surface area contributed by atoms with E-state index in [1.807, 2.05) is 14.1 Å². The fourth-order valence-corrected chi connectivity index (χ4v) is 3.70. The molecule has 0 aromatic heterocycles. The Balaban J connectivity index is 4.25. The number of esters is 2. The molecule has 0 rings (SSSR count). The van der Waals surface area contributed by atoms with Gasteiger partial charge in [0.25, 0.3) is 0 Å². The minimum atomic E-state index is -0.389. The minimum Gasteiger partial charge on any atom is -0.462 e. The van der Waals surface area contributed by atoms with Gasteiger partial charge in [-0.15, -0.1) is 0 Å². The number of carbonyl (C=O) groups excluding carboxylic acids is 2. The average molecular weight is 442 g/mol. The first kappa shape index (κ1) is 29.9. The van der Waals surface area contributed by atoms with E-state index in [2.05, 4.69) is 18.7 Å². The lowest BCUT2D eigenvalue weighted by Crippen LogP contribution is -2.26. The molecule has 0 aliphatic heterocycles. The summed E-state index contributed by atoms with van der Waals surface area (Å²) >= 11 is 0. The van der Waals surface area contributed by atoms with E-state index in [1.54, 1.807) is 6.92 Å². The molecule has 0 amide bonds. The Morgan fingerprint density at radius 1 is 0.774 bits per heavy atom. The Morgan fingerprint density at radius 3 is 1.84 bits per heavy atom. The monoisotopic (exact) mass is 441 g/mol. The van der Waals surface area contributed by atoms with E-state index < -0.39 is 0 Å². The molecule has 0 aliphatic carbocycles. The highest BCUT2D eigenvalue weighted by Crippen LogP contribution is 2.20. The minimum absolute atomic E-state index is 0.0165. The lowest BCUT2D eigenvalue weighted by molar-refractivity contribution is -0.160. The van der Waals surface area contributed by atoms with Crippen LogP contribution >= 0.6 is 0 Å². The van der Waals surface area contributed by atoms with Gasteiger partial charge in [-0.1, -0.05) is 78.1 Å². The fourth-order valence-electron chi connectivity index (χ4n) is 3.70. The van der Waals surface area contributed by atoms with Gasteiger partial charge in [0.05, 0.1) is 5.92 Å². The summed E-state index contributed by atoms with van der Waals surface area (Å²) in [5, 5.41) is 0. The van der Waals surface area contributed by atoms with Gasteiger partial charge in [0.2, 0.25) is 0 Å². The molecule has 0 fully saturated rings. The molecule has 0 radical (unpaired) electrons. The lowest BCUT2D eigenvalue weighted by Gasteiger charge is -2.18. The second-order valence-electron chi connectivity index (χ2n) is 9.29. The number of unbranched alkanes of at least 4 members (excludes halogenated alkanes) is 9. The summed E-state index contributed by atoms with van der Waals surface area (Å²) in [7, 11) is 4.05. The van der Waals surface area contributed by atoms with Gasteiger partial charge < -0.3 is 14.4 Å². The van der Waals surface area contributed by atoms with Crippen molar-refractivity contribution in [1.82, 2.24) is 4.90 Å². The maximum absolute atomic E-state index is 12.7. The van der Waals surface area contributed by atoms with Gasteiger partial charge in [0.1, 0.15) is 12.7 Å². The quantitative estimate of drug-likeness (QED) is 0.150. The first-order valence-corrected chi connectivity index (χ1v) is 12.9. The van der Waals surface area contributed by atoms with Gasteiger partial charge >= 0.3 is 11.9 Å². The lowest BCUT2D eigenvalue weighted by atomic mass is 9.94. The summed E-state index contributed by atoms with van der Waals surface area (Å²) < 4.78 is 11.0. The number of hydrogen-bond donors (Lipinski definition) is 0. The summed E-state index contributed by atoms with van der Waals surface area (Å²) in [4.78, 5) is 26.7. The van der Waals surface area contributed by atoms with E-state index in [0.29, 0.717) is 6.42 Å². The van der Waals surface area contributed by atoms with E-state index in [4.69, 9.17) is 9.47 Å². The molecule has 0 aromatic carbocycles. The molecule has 0 unspecified atom stereocenters.